The summed E-state index contributed by atoms with van der Waals surface area (Å²) in [7, 11) is 3.42. The molecular formula is C15H25N3O2S. The molecule has 118 valence electrons. The Morgan fingerprint density at radius 3 is 2.90 bits per heavy atom. The Labute approximate surface area is 131 Å². The number of hydrogen-bond donors (Lipinski definition) is 1. The van der Waals surface area contributed by atoms with Crippen molar-refractivity contribution < 1.29 is 9.53 Å². The number of ether oxygens (including phenoxy) is 1. The number of likely N-dealkylation sites (N-methyl/N-ethyl adjacent to an activating group) is 1. The molecule has 1 aromatic rings. The molecule has 0 saturated heterocycles. The third-order valence-electron chi connectivity index (χ3n) is 3.09. The number of hydrogen-bond acceptors (Lipinski definition) is 4. The van der Waals surface area contributed by atoms with Gasteiger partial charge >= 0.3 is 5.97 Å². The van der Waals surface area contributed by atoms with Gasteiger partial charge in [0.2, 0.25) is 0 Å². The lowest BCUT2D eigenvalue weighted by molar-refractivity contribution is -0.144. The number of guanidine groups is 1. The monoisotopic (exact) mass is 311 g/mol. The molecule has 0 saturated carbocycles. The zero-order valence-corrected chi connectivity index (χ0v) is 14.1. The fourth-order valence-electron chi connectivity index (χ4n) is 1.81. The highest BCUT2D eigenvalue weighted by Crippen LogP contribution is 2.09. The maximum atomic E-state index is 11.4. The number of thiophene rings is 1. The Morgan fingerprint density at radius 1 is 1.57 bits per heavy atom. The van der Waals surface area contributed by atoms with E-state index in [-0.39, 0.29) is 11.9 Å². The van der Waals surface area contributed by atoms with E-state index in [2.05, 4.69) is 32.7 Å². The molecule has 0 aliphatic heterocycles. The Hall–Kier alpha value is -1.56. The molecule has 1 atom stereocenters. The molecule has 0 aliphatic rings. The average Bonchev–Trinajstić information content (AvgIpc) is 3.01. The van der Waals surface area contributed by atoms with E-state index in [0.717, 1.165) is 25.5 Å². The summed E-state index contributed by atoms with van der Waals surface area (Å²) in [6.07, 6.45) is 0.991. The minimum Gasteiger partial charge on any atom is -0.469 e. The van der Waals surface area contributed by atoms with E-state index < -0.39 is 0 Å². The van der Waals surface area contributed by atoms with Crippen molar-refractivity contribution >= 4 is 23.3 Å². The van der Waals surface area contributed by atoms with Crippen LogP contribution in [-0.4, -0.2) is 50.6 Å². The molecule has 0 amide bonds. The van der Waals surface area contributed by atoms with Crippen LogP contribution >= 0.6 is 11.3 Å². The Bertz CT molecular complexity index is 446. The first kappa shape index (κ1) is 17.5. The zero-order valence-electron chi connectivity index (χ0n) is 13.3. The molecule has 1 N–H and O–H groups in total. The lowest BCUT2D eigenvalue weighted by Gasteiger charge is -2.22. The predicted molar refractivity (Wildman–Crippen MR) is 87.8 cm³/mol. The highest BCUT2D eigenvalue weighted by Gasteiger charge is 2.13. The second kappa shape index (κ2) is 9.39. The van der Waals surface area contributed by atoms with Crippen LogP contribution in [0.25, 0.3) is 0 Å². The van der Waals surface area contributed by atoms with Gasteiger partial charge < -0.3 is 15.0 Å². The van der Waals surface area contributed by atoms with Crippen molar-refractivity contribution in [1.82, 2.24) is 10.2 Å². The van der Waals surface area contributed by atoms with Crippen molar-refractivity contribution in [3.05, 3.63) is 22.4 Å². The highest BCUT2D eigenvalue weighted by molar-refractivity contribution is 7.09. The number of carbonyl (C=O) groups excluding carboxylic acids is 1. The predicted octanol–water partition coefficient (Wildman–Crippen LogP) is 2.00. The van der Waals surface area contributed by atoms with Gasteiger partial charge in [0.15, 0.2) is 5.96 Å². The number of esters is 1. The van der Waals surface area contributed by atoms with Crippen LogP contribution in [0.2, 0.25) is 0 Å². The van der Waals surface area contributed by atoms with Crippen molar-refractivity contribution in [3.63, 3.8) is 0 Å². The molecule has 0 spiro atoms. The fraction of sp³-hybridized carbons (Fsp3) is 0.600. The molecule has 1 unspecified atom stereocenters. The van der Waals surface area contributed by atoms with Crippen molar-refractivity contribution in [2.75, 3.05) is 33.8 Å². The van der Waals surface area contributed by atoms with E-state index in [4.69, 9.17) is 4.74 Å². The standard InChI is InChI=1S/C15H25N3O2S/c1-5-16-15(17-11-12(2)14(19)20-4)18(3)9-8-13-7-6-10-21-13/h6-7,10,12H,5,8-9,11H2,1-4H3,(H,16,17). The van der Waals surface area contributed by atoms with Crippen molar-refractivity contribution in [2.24, 2.45) is 10.9 Å². The quantitative estimate of drug-likeness (QED) is 0.475. The summed E-state index contributed by atoms with van der Waals surface area (Å²) in [5.41, 5.74) is 0. The van der Waals surface area contributed by atoms with Crippen molar-refractivity contribution in [1.29, 1.82) is 0 Å². The lowest BCUT2D eigenvalue weighted by Crippen LogP contribution is -2.40. The number of aliphatic imine (C=N–C) groups is 1. The average molecular weight is 311 g/mol. The molecule has 0 aliphatic carbocycles. The van der Waals surface area contributed by atoms with Gasteiger partial charge in [0.25, 0.3) is 0 Å². The van der Waals surface area contributed by atoms with Gasteiger partial charge in [-0.15, -0.1) is 11.3 Å². The van der Waals surface area contributed by atoms with Crippen molar-refractivity contribution in [3.8, 4) is 0 Å². The van der Waals surface area contributed by atoms with Crippen LogP contribution in [0.4, 0.5) is 0 Å². The molecular weight excluding hydrogens is 286 g/mol. The summed E-state index contributed by atoms with van der Waals surface area (Å²) in [5, 5.41) is 5.34. The number of nitrogens with one attached hydrogen (secondary N) is 1. The van der Waals surface area contributed by atoms with Gasteiger partial charge in [-0.2, -0.15) is 0 Å². The molecule has 6 heteroatoms. The largest absolute Gasteiger partial charge is 0.469 e. The molecule has 1 heterocycles. The van der Waals surface area contributed by atoms with Crippen LogP contribution in [0.5, 0.6) is 0 Å². The van der Waals surface area contributed by atoms with Gasteiger partial charge in [-0.3, -0.25) is 9.79 Å². The molecule has 21 heavy (non-hydrogen) atoms. The molecule has 0 aromatic carbocycles. The van der Waals surface area contributed by atoms with Crippen LogP contribution in [0.1, 0.15) is 18.7 Å². The van der Waals surface area contributed by atoms with E-state index in [1.807, 2.05) is 20.9 Å². The third-order valence-corrected chi connectivity index (χ3v) is 4.02. The van der Waals surface area contributed by atoms with E-state index in [9.17, 15) is 4.79 Å². The molecule has 1 aromatic heterocycles. The summed E-state index contributed by atoms with van der Waals surface area (Å²) < 4.78 is 4.72. The normalized spacial score (nSPS) is 12.9. The number of methoxy groups -OCH3 is 1. The third kappa shape index (κ3) is 6.16. The first-order valence-electron chi connectivity index (χ1n) is 7.18. The minimum atomic E-state index is -0.227. The first-order chi connectivity index (χ1) is 10.1. The Balaban J connectivity index is 2.55. The van der Waals surface area contributed by atoms with E-state index in [0.29, 0.717) is 6.54 Å². The molecule has 1 rings (SSSR count). The van der Waals surface area contributed by atoms with Gasteiger partial charge in [-0.25, -0.2) is 0 Å². The van der Waals surface area contributed by atoms with E-state index in [1.165, 1.54) is 12.0 Å². The van der Waals surface area contributed by atoms with Crippen LogP contribution in [0.3, 0.4) is 0 Å². The smallest absolute Gasteiger partial charge is 0.310 e. The molecule has 0 bridgehead atoms. The number of carbonyl (C=O) groups is 1. The second-order valence-corrected chi connectivity index (χ2v) is 5.90. The van der Waals surface area contributed by atoms with Crippen LogP contribution in [0.15, 0.2) is 22.5 Å². The maximum absolute atomic E-state index is 11.4. The van der Waals surface area contributed by atoms with Gasteiger partial charge in [0.05, 0.1) is 19.6 Å². The Kier molecular flexibility index (Phi) is 7.82. The first-order valence-corrected chi connectivity index (χ1v) is 8.06. The summed E-state index contributed by atoms with van der Waals surface area (Å²) in [6.45, 7) is 5.98. The summed E-state index contributed by atoms with van der Waals surface area (Å²) in [4.78, 5) is 19.4. The van der Waals surface area contributed by atoms with Gasteiger partial charge in [-0.05, 0) is 24.8 Å². The molecule has 0 radical (unpaired) electrons. The maximum Gasteiger partial charge on any atom is 0.310 e. The lowest BCUT2D eigenvalue weighted by atomic mass is 10.2. The topological polar surface area (TPSA) is 53.9 Å². The van der Waals surface area contributed by atoms with Gasteiger partial charge in [0, 0.05) is 25.0 Å². The Morgan fingerprint density at radius 2 is 2.33 bits per heavy atom. The SMILES string of the molecule is CCNC(=NCC(C)C(=O)OC)N(C)CCc1cccs1. The zero-order chi connectivity index (χ0) is 15.7. The molecule has 0 fully saturated rings. The van der Waals surface area contributed by atoms with E-state index in [1.54, 1.807) is 11.3 Å². The van der Waals surface area contributed by atoms with Gasteiger partial charge in [0.1, 0.15) is 0 Å². The fourth-order valence-corrected chi connectivity index (χ4v) is 2.51. The number of rotatable bonds is 7. The number of nitrogens with zero attached hydrogens (tertiary/aromatic N) is 2. The second-order valence-electron chi connectivity index (χ2n) is 4.87. The van der Waals surface area contributed by atoms with Crippen LogP contribution < -0.4 is 5.32 Å². The summed E-state index contributed by atoms with van der Waals surface area (Å²) >= 11 is 1.77. The molecule has 5 nitrogen and oxygen atoms in total. The minimum absolute atomic E-state index is 0.226. The highest BCUT2D eigenvalue weighted by atomic mass is 32.1. The summed E-state index contributed by atoms with van der Waals surface area (Å²) in [6, 6.07) is 4.21. The van der Waals surface area contributed by atoms with Gasteiger partial charge in [-0.1, -0.05) is 13.0 Å². The van der Waals surface area contributed by atoms with E-state index >= 15 is 0 Å². The van der Waals surface area contributed by atoms with Crippen LogP contribution in [-0.2, 0) is 16.0 Å². The van der Waals surface area contributed by atoms with Crippen molar-refractivity contribution in [2.45, 2.75) is 20.3 Å². The summed E-state index contributed by atoms with van der Waals surface area (Å²) in [5.74, 6) is 0.370. The van der Waals surface area contributed by atoms with Crippen LogP contribution in [0, 0.1) is 5.92 Å².